The van der Waals surface area contributed by atoms with Crippen molar-refractivity contribution in [3.63, 3.8) is 0 Å². The Morgan fingerprint density at radius 1 is 0.438 bits per heavy atom. The Bertz CT molecular complexity index is 1490. The van der Waals surface area contributed by atoms with Crippen molar-refractivity contribution < 1.29 is 32.9 Å². The molecule has 8 nitrogen and oxygen atoms in total. The lowest BCUT2D eigenvalue weighted by Crippen LogP contribution is -2.46. The van der Waals surface area contributed by atoms with E-state index in [0.29, 0.717) is 23.9 Å². The highest BCUT2D eigenvalue weighted by atomic mass is 31.2. The van der Waals surface area contributed by atoms with Gasteiger partial charge in [0.1, 0.15) is 13.2 Å². The van der Waals surface area contributed by atoms with Crippen LogP contribution in [0.2, 0.25) is 0 Å². The molecule has 0 aromatic rings. The number of unbranched alkanes of at least 4 members (excludes halogenated alkanes) is 41. The molecule has 0 aliphatic heterocycles. The fourth-order valence-electron chi connectivity index (χ4n) is 10.4. The molecule has 0 aliphatic carbocycles. The number of nitrogens with zero attached hydrogens (tertiary/aromatic N) is 1. The number of phosphoric acid groups is 1. The molecule has 0 aromatic carbocycles. The van der Waals surface area contributed by atoms with Gasteiger partial charge in [-0.05, 0) is 57.8 Å². The quantitative estimate of drug-likeness (QED) is 0.0243. The molecule has 0 rings (SSSR count). The Hall–Kier alpha value is -1.80. The van der Waals surface area contributed by atoms with Crippen LogP contribution in [-0.4, -0.2) is 73.4 Å². The number of quaternary nitrogens is 1. The first-order valence-corrected chi connectivity index (χ1v) is 36.1. The lowest BCUT2D eigenvalue weighted by Gasteiger charge is -2.26. The van der Waals surface area contributed by atoms with E-state index < -0.39 is 20.0 Å². The zero-order chi connectivity index (χ0) is 58.4. The van der Waals surface area contributed by atoms with E-state index in [4.69, 9.17) is 9.05 Å². The third-order valence-corrected chi connectivity index (χ3v) is 16.8. The molecule has 3 atom stereocenters. The summed E-state index contributed by atoms with van der Waals surface area (Å²) in [5.74, 6) is -0.142. The van der Waals surface area contributed by atoms with E-state index in [2.05, 4.69) is 79.9 Å². The number of carbonyl (C=O) groups is 1. The summed E-state index contributed by atoms with van der Waals surface area (Å²) in [4.78, 5) is 23.5. The van der Waals surface area contributed by atoms with Crippen LogP contribution in [0.3, 0.4) is 0 Å². The van der Waals surface area contributed by atoms with Crippen LogP contribution in [0.5, 0.6) is 0 Å². The number of aliphatic hydroxyl groups is 1. The van der Waals surface area contributed by atoms with Gasteiger partial charge in [0.2, 0.25) is 5.91 Å². The minimum atomic E-state index is -4.33. The molecule has 3 N–H and O–H groups in total. The number of allylic oxidation sites excluding steroid dienone is 10. The Morgan fingerprint density at radius 3 is 1.10 bits per heavy atom. The second-order valence-corrected chi connectivity index (χ2v) is 26.3. The molecular weight excluding hydrogens is 1010 g/mol. The summed E-state index contributed by atoms with van der Waals surface area (Å²) in [6, 6.07) is -0.765. The van der Waals surface area contributed by atoms with Gasteiger partial charge in [-0.15, -0.1) is 0 Å². The summed E-state index contributed by atoms with van der Waals surface area (Å²) in [5.41, 5.74) is 0. The molecule has 80 heavy (non-hydrogen) atoms. The van der Waals surface area contributed by atoms with Crippen LogP contribution in [0.1, 0.15) is 335 Å². The number of likely N-dealkylation sites (N-methyl/N-ethyl adjacent to an activating group) is 1. The number of rotatable bonds is 64. The largest absolute Gasteiger partial charge is 0.472 e. The highest BCUT2D eigenvalue weighted by Gasteiger charge is 2.28. The van der Waals surface area contributed by atoms with E-state index >= 15 is 0 Å². The minimum absolute atomic E-state index is 0.0738. The number of aliphatic hydroxyl groups excluding tert-OH is 1. The Labute approximate surface area is 498 Å². The van der Waals surface area contributed by atoms with Crippen LogP contribution in [0, 0.1) is 0 Å². The van der Waals surface area contributed by atoms with Crippen molar-refractivity contribution in [1.29, 1.82) is 0 Å². The van der Waals surface area contributed by atoms with Crippen LogP contribution < -0.4 is 5.32 Å². The average Bonchev–Trinajstić information content (AvgIpc) is 3.42. The normalized spacial score (nSPS) is 14.0. The van der Waals surface area contributed by atoms with E-state index in [1.165, 1.54) is 238 Å². The minimum Gasteiger partial charge on any atom is -0.391 e. The van der Waals surface area contributed by atoms with Gasteiger partial charge in [-0.25, -0.2) is 4.57 Å². The fraction of sp³-hybridized carbons (Fsp3) is 0.845. The number of phosphoric ester groups is 1. The van der Waals surface area contributed by atoms with Gasteiger partial charge >= 0.3 is 7.82 Å². The van der Waals surface area contributed by atoms with E-state index in [1.807, 2.05) is 21.1 Å². The summed E-state index contributed by atoms with van der Waals surface area (Å²) in [7, 11) is 1.62. The molecule has 0 radical (unpaired) electrons. The summed E-state index contributed by atoms with van der Waals surface area (Å²) in [5, 5.41) is 14.2. The predicted molar refractivity (Wildman–Crippen MR) is 350 cm³/mol. The summed E-state index contributed by atoms with van der Waals surface area (Å²) in [6.45, 7) is 4.82. The number of amides is 1. The highest BCUT2D eigenvalue weighted by Crippen LogP contribution is 2.43. The topological polar surface area (TPSA) is 105 Å². The van der Waals surface area contributed by atoms with Crippen LogP contribution in [0.15, 0.2) is 60.8 Å². The molecule has 9 heteroatoms. The van der Waals surface area contributed by atoms with Crippen molar-refractivity contribution in [3.8, 4) is 0 Å². The SMILES string of the molecule is CC/C=C\C/C=C\C/C=C\C/C=C\C/C=C\CCCCCCCCCCCCCCCC(=O)NC(COP(=O)(O)OCC[N+](C)(C)C)C(O)CCCCCCCCCCCCCCCCCCCCCCCCCCCCCCC. The van der Waals surface area contributed by atoms with Gasteiger partial charge in [0.15, 0.2) is 0 Å². The number of nitrogens with one attached hydrogen (secondary N) is 1. The molecule has 0 saturated heterocycles. The summed E-state index contributed by atoms with van der Waals surface area (Å²) < 4.78 is 23.9. The molecule has 1 amide bonds. The summed E-state index contributed by atoms with van der Waals surface area (Å²) in [6.07, 6.45) is 84.6. The lowest BCUT2D eigenvalue weighted by molar-refractivity contribution is -0.870. The van der Waals surface area contributed by atoms with E-state index in [-0.39, 0.29) is 19.1 Å². The molecule has 0 aliphatic rings. The maximum Gasteiger partial charge on any atom is 0.472 e. The second kappa shape index (κ2) is 61.8. The molecule has 470 valence electrons. The van der Waals surface area contributed by atoms with Crippen molar-refractivity contribution in [2.45, 2.75) is 347 Å². The van der Waals surface area contributed by atoms with Crippen molar-refractivity contribution >= 4 is 13.7 Å². The van der Waals surface area contributed by atoms with E-state index in [1.54, 1.807) is 0 Å². The first-order chi connectivity index (χ1) is 39.0. The van der Waals surface area contributed by atoms with Gasteiger partial charge < -0.3 is 19.8 Å². The monoisotopic (exact) mass is 1140 g/mol. The third kappa shape index (κ3) is 63.8. The fourth-order valence-corrected chi connectivity index (χ4v) is 11.2. The van der Waals surface area contributed by atoms with Gasteiger partial charge in [-0.2, -0.15) is 0 Å². The second-order valence-electron chi connectivity index (χ2n) is 24.9. The lowest BCUT2D eigenvalue weighted by atomic mass is 10.0. The Morgan fingerprint density at radius 2 is 0.750 bits per heavy atom. The van der Waals surface area contributed by atoms with Gasteiger partial charge in [-0.3, -0.25) is 13.8 Å². The molecule has 0 bridgehead atoms. The zero-order valence-electron chi connectivity index (χ0n) is 53.8. The first kappa shape index (κ1) is 78.2. The summed E-state index contributed by atoms with van der Waals surface area (Å²) >= 11 is 0. The van der Waals surface area contributed by atoms with Crippen LogP contribution in [0.25, 0.3) is 0 Å². The van der Waals surface area contributed by atoms with Gasteiger partial charge in [-0.1, -0.05) is 331 Å². The van der Waals surface area contributed by atoms with Crippen molar-refractivity contribution in [2.75, 3.05) is 40.9 Å². The molecule has 0 saturated carbocycles. The molecule has 0 fully saturated rings. The number of hydrogen-bond acceptors (Lipinski definition) is 5. The van der Waals surface area contributed by atoms with Gasteiger partial charge in [0, 0.05) is 6.42 Å². The Balaban J connectivity index is 4.04. The van der Waals surface area contributed by atoms with Crippen LogP contribution >= 0.6 is 7.82 Å². The third-order valence-electron chi connectivity index (χ3n) is 15.8. The average molecular weight is 1140 g/mol. The smallest absolute Gasteiger partial charge is 0.391 e. The number of carbonyl (C=O) groups excluding carboxylic acids is 1. The standard InChI is InChI=1S/C71H135N2O6P/c1-6-8-10-12-14-16-18-20-22-24-26-28-30-32-34-36-38-40-42-44-46-48-50-52-54-56-58-60-62-64-70(74)69(68-79-80(76,77)78-67-66-73(3,4)5)72-71(75)65-63-61-59-57-55-53-51-49-47-45-43-41-39-37-35-33-31-29-27-25-23-21-19-17-15-13-11-9-7-2/h9,11,15,17,21,23,27,29,33,35,69-70,74H,6-8,10,12-14,16,18-20,22,24-26,28,30-32,34,36-68H2,1-5H3,(H-,72,75,76,77)/p+1/b11-9-,17-15-,23-21-,29-27-,35-33-. The Kier molecular flexibility index (Phi) is 60.4. The molecule has 0 heterocycles. The molecular formula is C71H136N2O6P+. The molecule has 3 unspecified atom stereocenters. The highest BCUT2D eigenvalue weighted by molar-refractivity contribution is 7.47. The maximum atomic E-state index is 13.1. The zero-order valence-corrected chi connectivity index (χ0v) is 54.7. The van der Waals surface area contributed by atoms with Gasteiger partial charge in [0.25, 0.3) is 0 Å². The van der Waals surface area contributed by atoms with Gasteiger partial charge in [0.05, 0.1) is 39.9 Å². The first-order valence-electron chi connectivity index (χ1n) is 34.7. The van der Waals surface area contributed by atoms with Crippen LogP contribution in [0.4, 0.5) is 0 Å². The van der Waals surface area contributed by atoms with Crippen molar-refractivity contribution in [2.24, 2.45) is 0 Å². The van der Waals surface area contributed by atoms with E-state index in [9.17, 15) is 19.4 Å². The van der Waals surface area contributed by atoms with Crippen molar-refractivity contribution in [1.82, 2.24) is 5.32 Å². The van der Waals surface area contributed by atoms with Crippen molar-refractivity contribution in [3.05, 3.63) is 60.8 Å². The van der Waals surface area contributed by atoms with Crippen LogP contribution in [-0.2, 0) is 18.4 Å². The molecule has 0 spiro atoms. The van der Waals surface area contributed by atoms with E-state index in [0.717, 1.165) is 70.6 Å². The molecule has 0 aromatic heterocycles. The predicted octanol–water partition coefficient (Wildman–Crippen LogP) is 22.0. The number of hydrogen-bond donors (Lipinski definition) is 3. The maximum absolute atomic E-state index is 13.1.